The molecule has 3 heteroatoms. The van der Waals surface area contributed by atoms with Crippen molar-refractivity contribution in [3.63, 3.8) is 0 Å². The molecule has 0 bridgehead atoms. The second-order valence-corrected chi connectivity index (χ2v) is 6.94. The Morgan fingerprint density at radius 2 is 1.30 bits per heavy atom. The molecule has 0 unspecified atom stereocenters. The van der Waals surface area contributed by atoms with Crippen molar-refractivity contribution in [3.8, 4) is 0 Å². The minimum Gasteiger partial charge on any atom is -0.466 e. The van der Waals surface area contributed by atoms with E-state index in [9.17, 15) is 4.79 Å². The number of benzene rings is 3. The first-order valence-electron chi connectivity index (χ1n) is 9.09. The normalized spacial score (nSPS) is 10.1. The molecule has 0 heterocycles. The van der Waals surface area contributed by atoms with E-state index in [4.69, 9.17) is 4.74 Å². The third kappa shape index (κ3) is 8.99. The molecule has 0 saturated carbocycles. The van der Waals surface area contributed by atoms with Crippen LogP contribution in [0.3, 0.4) is 0 Å². The first kappa shape index (κ1) is 20.6. The van der Waals surface area contributed by atoms with Gasteiger partial charge in [0.1, 0.15) is 0 Å². The quantitative estimate of drug-likeness (QED) is 0.432. The Kier molecular flexibility index (Phi) is 9.63. The summed E-state index contributed by atoms with van der Waals surface area (Å²) in [5.74, 6) is 1.75. The zero-order valence-electron chi connectivity index (χ0n) is 15.6. The van der Waals surface area contributed by atoms with E-state index in [1.54, 1.807) is 0 Å². The Balaban J connectivity index is 0.000000194. The lowest BCUT2D eigenvalue weighted by atomic mass is 10.1. The van der Waals surface area contributed by atoms with Crippen LogP contribution in [-0.4, -0.2) is 18.4 Å². The van der Waals surface area contributed by atoms with Crippen LogP contribution in [0, 0.1) is 0 Å². The topological polar surface area (TPSA) is 26.3 Å². The molecule has 0 aliphatic carbocycles. The lowest BCUT2D eigenvalue weighted by Crippen LogP contribution is -2.03. The number of carbonyl (C=O) groups is 1. The number of rotatable bonds is 6. The summed E-state index contributed by atoms with van der Waals surface area (Å²) in [6.07, 6.45) is 1.41. The molecular weight excluding hydrogens is 351 g/mol. The molecule has 0 radical (unpaired) electrons. The van der Waals surface area contributed by atoms with Crippen molar-refractivity contribution < 1.29 is 9.53 Å². The smallest absolute Gasteiger partial charge is 0.309 e. The van der Waals surface area contributed by atoms with E-state index >= 15 is 0 Å². The fourth-order valence-corrected chi connectivity index (χ4v) is 3.18. The van der Waals surface area contributed by atoms with Gasteiger partial charge < -0.3 is 4.74 Å². The molecule has 2 nitrogen and oxygen atoms in total. The minimum atomic E-state index is -0.157. The Hall–Kier alpha value is -2.70. The van der Waals surface area contributed by atoms with Crippen LogP contribution in [0.25, 0.3) is 0 Å². The molecule has 0 spiro atoms. The van der Waals surface area contributed by atoms with Gasteiger partial charge in [-0.3, -0.25) is 4.79 Å². The summed E-state index contributed by atoms with van der Waals surface area (Å²) in [7, 11) is 1.06. The molecule has 27 heavy (non-hydrogen) atoms. The summed E-state index contributed by atoms with van der Waals surface area (Å²) in [5, 5.41) is 1.19. The van der Waals surface area contributed by atoms with Crippen molar-refractivity contribution in [2.75, 3.05) is 6.61 Å². The van der Waals surface area contributed by atoms with Crippen molar-refractivity contribution in [2.24, 2.45) is 0 Å². The molecule has 0 aliphatic heterocycles. The monoisotopic (exact) mass is 376 g/mol. The van der Waals surface area contributed by atoms with Gasteiger partial charge in [0.2, 0.25) is 0 Å². The highest BCUT2D eigenvalue weighted by Gasteiger charge is 1.96. The molecule has 3 aromatic carbocycles. The molecule has 0 amide bonds. The van der Waals surface area contributed by atoms with Gasteiger partial charge in [-0.05, 0) is 30.3 Å². The average Bonchev–Trinajstić information content (AvgIpc) is 2.71. The fourth-order valence-electron chi connectivity index (χ4n) is 2.39. The van der Waals surface area contributed by atoms with Gasteiger partial charge in [0, 0.05) is 5.30 Å². The van der Waals surface area contributed by atoms with Gasteiger partial charge >= 0.3 is 5.97 Å². The van der Waals surface area contributed by atoms with E-state index in [-0.39, 0.29) is 5.97 Å². The summed E-state index contributed by atoms with van der Waals surface area (Å²) in [6, 6.07) is 31.1. The Morgan fingerprint density at radius 1 is 0.815 bits per heavy atom. The SMILES string of the molecule is CCOC(=O)CC=Pc1ccccc1.c1ccc(Cc2ccccc2)cc1. The van der Waals surface area contributed by atoms with E-state index in [0.29, 0.717) is 13.0 Å². The van der Waals surface area contributed by atoms with Crippen LogP contribution in [0.15, 0.2) is 91.0 Å². The van der Waals surface area contributed by atoms with Crippen LogP contribution >= 0.6 is 8.20 Å². The summed E-state index contributed by atoms with van der Waals surface area (Å²) in [5.41, 5.74) is 2.74. The average molecular weight is 376 g/mol. The molecule has 3 rings (SSSR count). The van der Waals surface area contributed by atoms with Gasteiger partial charge in [0.25, 0.3) is 0 Å². The van der Waals surface area contributed by atoms with Crippen LogP contribution in [-0.2, 0) is 16.0 Å². The van der Waals surface area contributed by atoms with Crippen LogP contribution in [0.5, 0.6) is 0 Å². The Morgan fingerprint density at radius 3 is 1.78 bits per heavy atom. The third-order valence-electron chi connectivity index (χ3n) is 3.65. The maximum absolute atomic E-state index is 11.0. The highest BCUT2D eigenvalue weighted by molar-refractivity contribution is 7.47. The van der Waals surface area contributed by atoms with Crippen molar-refractivity contribution in [1.29, 1.82) is 0 Å². The molecule has 0 atom stereocenters. The third-order valence-corrected chi connectivity index (χ3v) is 4.62. The second kappa shape index (κ2) is 12.6. The molecule has 0 saturated heterocycles. The number of carbonyl (C=O) groups excluding carboxylic acids is 1. The Labute approximate surface area is 163 Å². The molecule has 3 aromatic rings. The lowest BCUT2D eigenvalue weighted by molar-refractivity contribution is -0.141. The molecule has 0 fully saturated rings. The predicted octanol–water partition coefficient (Wildman–Crippen LogP) is 5.29. The van der Waals surface area contributed by atoms with Crippen molar-refractivity contribution in [3.05, 3.63) is 102 Å². The van der Waals surface area contributed by atoms with Crippen LogP contribution in [0.2, 0.25) is 0 Å². The van der Waals surface area contributed by atoms with E-state index in [0.717, 1.165) is 14.6 Å². The molecule has 138 valence electrons. The highest BCUT2D eigenvalue weighted by Crippen LogP contribution is 2.07. The fraction of sp³-hybridized carbons (Fsp3) is 0.167. The van der Waals surface area contributed by atoms with Crippen LogP contribution in [0.4, 0.5) is 0 Å². The minimum absolute atomic E-state index is 0.157. The van der Waals surface area contributed by atoms with E-state index in [1.807, 2.05) is 43.1 Å². The Bertz CT molecular complexity index is 762. The van der Waals surface area contributed by atoms with Gasteiger partial charge in [-0.2, -0.15) is 0 Å². The van der Waals surface area contributed by atoms with Gasteiger partial charge in [0.15, 0.2) is 0 Å². The first-order chi connectivity index (χ1) is 13.3. The number of hydrogen-bond acceptors (Lipinski definition) is 2. The highest BCUT2D eigenvalue weighted by atomic mass is 31.1. The van der Waals surface area contributed by atoms with E-state index in [2.05, 4.69) is 60.7 Å². The van der Waals surface area contributed by atoms with Gasteiger partial charge in [-0.15, -0.1) is 0 Å². The molecule has 0 aliphatic rings. The maximum Gasteiger partial charge on any atom is 0.309 e. The second-order valence-electron chi connectivity index (χ2n) is 5.80. The van der Waals surface area contributed by atoms with Crippen LogP contribution in [0.1, 0.15) is 24.5 Å². The molecule has 0 aromatic heterocycles. The first-order valence-corrected chi connectivity index (χ1v) is 10.1. The number of hydrogen-bond donors (Lipinski definition) is 0. The predicted molar refractivity (Wildman–Crippen MR) is 116 cm³/mol. The van der Waals surface area contributed by atoms with E-state index in [1.165, 1.54) is 16.4 Å². The maximum atomic E-state index is 11.0. The molecule has 0 N–H and O–H groups in total. The standard InChI is InChI=1S/C13H12.C11H13O2P/c1-3-7-12(8-4-1)11-13-9-5-2-6-10-13;1-2-13-11(12)8-9-14-10-6-4-3-5-7-10/h1-10H,11H2;3-7,9H,2,8H2,1H3. The van der Waals surface area contributed by atoms with E-state index < -0.39 is 0 Å². The van der Waals surface area contributed by atoms with Crippen molar-refractivity contribution in [1.82, 2.24) is 0 Å². The summed E-state index contributed by atoms with van der Waals surface area (Å²) < 4.78 is 4.81. The summed E-state index contributed by atoms with van der Waals surface area (Å²) in [4.78, 5) is 11.0. The van der Waals surface area contributed by atoms with Gasteiger partial charge in [-0.1, -0.05) is 99.2 Å². The number of esters is 1. The zero-order valence-corrected chi connectivity index (χ0v) is 16.5. The van der Waals surface area contributed by atoms with Gasteiger partial charge in [0.05, 0.1) is 13.0 Å². The number of ether oxygens (including phenoxy) is 1. The summed E-state index contributed by atoms with van der Waals surface area (Å²) in [6.45, 7) is 2.27. The molecular formula is C24H25O2P. The largest absolute Gasteiger partial charge is 0.466 e. The lowest BCUT2D eigenvalue weighted by Gasteiger charge is -2.00. The summed E-state index contributed by atoms with van der Waals surface area (Å²) >= 11 is 0. The van der Waals surface area contributed by atoms with Crippen molar-refractivity contribution >= 4 is 25.3 Å². The van der Waals surface area contributed by atoms with Gasteiger partial charge in [-0.25, -0.2) is 0 Å². The van der Waals surface area contributed by atoms with Crippen molar-refractivity contribution in [2.45, 2.75) is 19.8 Å². The zero-order chi connectivity index (χ0) is 19.2. The van der Waals surface area contributed by atoms with Crippen LogP contribution < -0.4 is 5.30 Å².